The molecule has 0 bridgehead atoms. The monoisotopic (exact) mass is 206 g/mol. The molecule has 0 amide bonds. The Morgan fingerprint density at radius 1 is 0.800 bits per heavy atom. The molecule has 72 valence electrons. The van der Waals surface area contributed by atoms with Gasteiger partial charge in [-0.3, -0.25) is 0 Å². The fourth-order valence-electron chi connectivity index (χ4n) is 0.966. The van der Waals surface area contributed by atoms with Crippen molar-refractivity contribution in [1.29, 1.82) is 0 Å². The first-order valence-corrected chi connectivity index (χ1v) is 4.64. The Bertz CT molecular complexity index is 303. The van der Waals surface area contributed by atoms with E-state index in [0.717, 1.165) is 0 Å². The van der Waals surface area contributed by atoms with Crippen LogP contribution in [0.15, 0.2) is 48.5 Å². The molecule has 0 aliphatic carbocycles. The molecule has 0 saturated heterocycles. The first kappa shape index (κ1) is 14.2. The zero-order chi connectivity index (χ0) is 10.2. The summed E-state index contributed by atoms with van der Waals surface area (Å²) in [6.07, 6.45) is 0. The Balaban J connectivity index is 0.000000245. The summed E-state index contributed by atoms with van der Waals surface area (Å²) in [4.78, 5) is 0. The van der Waals surface area contributed by atoms with Crippen LogP contribution in [-0.2, 0) is 0 Å². The van der Waals surface area contributed by atoms with Crippen LogP contribution in [-0.4, -0.2) is 23.1 Å². The van der Waals surface area contributed by atoms with Crippen molar-refractivity contribution in [2.24, 2.45) is 0 Å². The van der Waals surface area contributed by atoms with E-state index in [1.807, 2.05) is 36.4 Å². The molecular weight excluding hydrogens is 192 g/mol. The predicted octanol–water partition coefficient (Wildman–Crippen LogP) is 3.21. The maximum atomic E-state index is 2.96. The molecule has 0 saturated carbocycles. The van der Waals surface area contributed by atoms with Crippen LogP contribution in [0.25, 0.3) is 0 Å². The number of rotatable bonds is 0. The standard InChI is InChI=1S/2C7H7.Mg/c2*1-7-5-3-2-4-6-7;/h2*2-3,5-6H,1H3;/q2*-1;+2. The molecule has 15 heavy (non-hydrogen) atoms. The fraction of sp³-hybridized carbons (Fsp3) is 0.143. The quantitative estimate of drug-likeness (QED) is 0.459. The molecule has 2 aromatic rings. The first-order chi connectivity index (χ1) is 6.79. The van der Waals surface area contributed by atoms with Gasteiger partial charge in [0.1, 0.15) is 0 Å². The van der Waals surface area contributed by atoms with Crippen molar-refractivity contribution in [2.45, 2.75) is 13.8 Å². The van der Waals surface area contributed by atoms with Crippen molar-refractivity contribution in [3.05, 3.63) is 71.8 Å². The van der Waals surface area contributed by atoms with E-state index >= 15 is 0 Å². The molecule has 0 unspecified atom stereocenters. The summed E-state index contributed by atoms with van der Waals surface area (Å²) >= 11 is 0. The van der Waals surface area contributed by atoms with Gasteiger partial charge in [0, 0.05) is 0 Å². The van der Waals surface area contributed by atoms with Crippen LogP contribution in [0, 0.1) is 26.0 Å². The Morgan fingerprint density at radius 3 is 1.33 bits per heavy atom. The molecule has 0 N–H and O–H groups in total. The number of aryl methyl sites for hydroxylation is 2. The summed E-state index contributed by atoms with van der Waals surface area (Å²) in [5, 5.41) is 0. The van der Waals surface area contributed by atoms with Crippen molar-refractivity contribution < 1.29 is 0 Å². The predicted molar refractivity (Wildman–Crippen MR) is 65.8 cm³/mol. The van der Waals surface area contributed by atoms with Crippen molar-refractivity contribution in [3.63, 3.8) is 0 Å². The van der Waals surface area contributed by atoms with Gasteiger partial charge >= 0.3 is 23.1 Å². The SMILES string of the molecule is Cc1c[c-]ccc1.Cc1c[c-]ccc1.[Mg+2]. The molecular formula is C14H14Mg. The van der Waals surface area contributed by atoms with Crippen molar-refractivity contribution >= 4 is 23.1 Å². The molecule has 0 spiro atoms. The minimum atomic E-state index is 0. The Morgan fingerprint density at radius 2 is 1.20 bits per heavy atom. The van der Waals surface area contributed by atoms with Gasteiger partial charge in [0.05, 0.1) is 0 Å². The average molecular weight is 207 g/mol. The second-order valence-electron chi connectivity index (χ2n) is 3.16. The summed E-state index contributed by atoms with van der Waals surface area (Å²) in [6, 6.07) is 21.7. The zero-order valence-corrected chi connectivity index (χ0v) is 10.7. The number of hydrogen-bond acceptors (Lipinski definition) is 0. The molecule has 0 aromatic heterocycles. The van der Waals surface area contributed by atoms with E-state index in [2.05, 4.69) is 38.1 Å². The molecule has 0 heterocycles. The largest absolute Gasteiger partial charge is 2.00 e. The van der Waals surface area contributed by atoms with Gasteiger partial charge in [-0.15, -0.1) is 0 Å². The Hall–Kier alpha value is -0.794. The minimum Gasteiger partial charge on any atom is -0.184 e. The van der Waals surface area contributed by atoms with Crippen molar-refractivity contribution in [3.8, 4) is 0 Å². The fourth-order valence-corrected chi connectivity index (χ4v) is 0.966. The number of benzene rings is 2. The summed E-state index contributed by atoms with van der Waals surface area (Å²) in [6.45, 7) is 4.10. The van der Waals surface area contributed by atoms with E-state index in [4.69, 9.17) is 0 Å². The third-order valence-electron chi connectivity index (χ3n) is 1.73. The maximum absolute atomic E-state index is 2.96. The molecule has 2 aromatic carbocycles. The molecule has 0 aliphatic heterocycles. The van der Waals surface area contributed by atoms with Gasteiger partial charge in [0.25, 0.3) is 0 Å². The third kappa shape index (κ3) is 7.17. The third-order valence-corrected chi connectivity index (χ3v) is 1.73. The van der Waals surface area contributed by atoms with E-state index in [9.17, 15) is 0 Å². The molecule has 0 radical (unpaired) electrons. The molecule has 1 heteroatoms. The van der Waals surface area contributed by atoms with E-state index in [1.165, 1.54) is 11.1 Å². The second-order valence-corrected chi connectivity index (χ2v) is 3.16. The van der Waals surface area contributed by atoms with Gasteiger partial charge in [-0.05, 0) is 0 Å². The summed E-state index contributed by atoms with van der Waals surface area (Å²) in [5.41, 5.74) is 2.53. The van der Waals surface area contributed by atoms with Gasteiger partial charge in [-0.25, -0.2) is 0 Å². The van der Waals surface area contributed by atoms with Crippen LogP contribution in [0.3, 0.4) is 0 Å². The zero-order valence-electron chi connectivity index (χ0n) is 9.33. The minimum absolute atomic E-state index is 0. The maximum Gasteiger partial charge on any atom is 2.00 e. The van der Waals surface area contributed by atoms with Gasteiger partial charge in [-0.2, -0.15) is 71.8 Å². The molecule has 0 fully saturated rings. The molecule has 2 rings (SSSR count). The van der Waals surface area contributed by atoms with E-state index in [-0.39, 0.29) is 23.1 Å². The molecule has 0 atom stereocenters. The smallest absolute Gasteiger partial charge is 0.184 e. The molecule has 0 nitrogen and oxygen atoms in total. The number of hydrogen-bond donors (Lipinski definition) is 0. The second kappa shape index (κ2) is 8.51. The van der Waals surface area contributed by atoms with E-state index in [1.54, 1.807) is 0 Å². The van der Waals surface area contributed by atoms with E-state index < -0.39 is 0 Å². The topological polar surface area (TPSA) is 0 Å². The van der Waals surface area contributed by atoms with Crippen LogP contribution < -0.4 is 0 Å². The van der Waals surface area contributed by atoms with Crippen LogP contribution in [0.5, 0.6) is 0 Å². The first-order valence-electron chi connectivity index (χ1n) is 4.64. The van der Waals surface area contributed by atoms with Crippen molar-refractivity contribution in [1.82, 2.24) is 0 Å². The van der Waals surface area contributed by atoms with Crippen molar-refractivity contribution in [2.75, 3.05) is 0 Å². The Kier molecular flexibility index (Phi) is 8.06. The van der Waals surface area contributed by atoms with Crippen LogP contribution in [0.2, 0.25) is 0 Å². The van der Waals surface area contributed by atoms with Gasteiger partial charge in [0.15, 0.2) is 0 Å². The van der Waals surface area contributed by atoms with Crippen LogP contribution in [0.4, 0.5) is 0 Å². The van der Waals surface area contributed by atoms with Gasteiger partial charge in [0.2, 0.25) is 0 Å². The van der Waals surface area contributed by atoms with Gasteiger partial charge < -0.3 is 0 Å². The Labute approximate surface area is 108 Å². The molecule has 0 aliphatic rings. The summed E-state index contributed by atoms with van der Waals surface area (Å²) in [7, 11) is 0. The summed E-state index contributed by atoms with van der Waals surface area (Å²) < 4.78 is 0. The van der Waals surface area contributed by atoms with Gasteiger partial charge in [-0.1, -0.05) is 13.8 Å². The normalized spacial score (nSPS) is 8.13. The van der Waals surface area contributed by atoms with Crippen LogP contribution in [0.1, 0.15) is 11.1 Å². The average Bonchev–Trinajstić information content (AvgIpc) is 2.21. The van der Waals surface area contributed by atoms with Crippen LogP contribution >= 0.6 is 0 Å². The van der Waals surface area contributed by atoms with E-state index in [0.29, 0.717) is 0 Å². The summed E-state index contributed by atoms with van der Waals surface area (Å²) in [5.74, 6) is 0.